The van der Waals surface area contributed by atoms with Crippen molar-refractivity contribution in [1.29, 1.82) is 0 Å². The van der Waals surface area contributed by atoms with E-state index in [1.165, 1.54) is 12.1 Å². The van der Waals surface area contributed by atoms with E-state index in [9.17, 15) is 45.1 Å². The second-order valence-corrected chi connectivity index (χ2v) is 20.2. The van der Waals surface area contributed by atoms with E-state index in [2.05, 4.69) is 0 Å². The van der Waals surface area contributed by atoms with E-state index < -0.39 is 76.3 Å². The Labute approximate surface area is 394 Å². The first kappa shape index (κ1) is 58.4. The van der Waals surface area contributed by atoms with Crippen molar-refractivity contribution in [3.8, 4) is 0 Å². The molecule has 0 saturated carbocycles. The molecule has 0 radical (unpaired) electrons. The fraction of sp³-hybridized carbons (Fsp3) is 0.636. The Balaban J connectivity index is 0.00000116. The zero-order valence-corrected chi connectivity index (χ0v) is 42.0. The van der Waals surface area contributed by atoms with Crippen LogP contribution in [0.15, 0.2) is 46.2 Å². The maximum absolute atomic E-state index is 12.6. The van der Waals surface area contributed by atoms with Gasteiger partial charge in [-0.1, -0.05) is 53.4 Å². The Bertz CT molecular complexity index is 1750. The number of hydrogen-bond donors (Lipinski definition) is 0. The molecule has 0 aliphatic heterocycles. The number of carbonyl (C=O) groups excluding carboxylic acids is 4. The van der Waals surface area contributed by atoms with Gasteiger partial charge in [-0.25, -0.2) is 36.0 Å². The zero-order valence-electron chi connectivity index (χ0n) is 38.2. The summed E-state index contributed by atoms with van der Waals surface area (Å²) >= 11 is 0. The first-order chi connectivity index (χ1) is 27.4. The van der Waals surface area contributed by atoms with Gasteiger partial charge in [-0.05, 0) is 143 Å². The minimum absolute atomic E-state index is 0. The number of unbranched alkanes of at least 4 members (excludes halogenated alkanes) is 4. The number of ether oxygens (including phenoxy) is 4. The van der Waals surface area contributed by atoms with E-state index >= 15 is 0 Å². The summed E-state index contributed by atoms with van der Waals surface area (Å²) in [5.74, 6) is -3.22. The molecule has 0 fully saturated rings. The molecule has 0 saturated heterocycles. The van der Waals surface area contributed by atoms with E-state index in [4.69, 9.17) is 18.9 Å². The fourth-order valence-corrected chi connectivity index (χ4v) is 6.90. The summed E-state index contributed by atoms with van der Waals surface area (Å²) in [6.07, 6.45) is 9.57. The van der Waals surface area contributed by atoms with Crippen molar-refractivity contribution < 1.29 is 64.1 Å². The molecule has 0 amide bonds. The summed E-state index contributed by atoms with van der Waals surface area (Å²) in [4.78, 5) is 49.2. The van der Waals surface area contributed by atoms with Gasteiger partial charge in [0.1, 0.15) is 42.6 Å². The Hall–Kier alpha value is -2.60. The van der Waals surface area contributed by atoms with Crippen LogP contribution in [0.2, 0.25) is 0 Å². The maximum atomic E-state index is 12.6. The van der Waals surface area contributed by atoms with Gasteiger partial charge in [0.15, 0.2) is 0 Å². The number of benzene rings is 2. The van der Waals surface area contributed by atoms with Crippen molar-refractivity contribution >= 4 is 81.9 Å². The molecular weight excluding hydrogens is 857 g/mol. The molecule has 0 N–H and O–H groups in total. The summed E-state index contributed by atoms with van der Waals surface area (Å²) < 4.78 is 91.4. The van der Waals surface area contributed by atoms with E-state index in [-0.39, 0.29) is 60.0 Å². The van der Waals surface area contributed by atoms with Gasteiger partial charge in [-0.3, -0.25) is 0 Å². The molecule has 2 aromatic carbocycles. The third-order valence-corrected chi connectivity index (χ3v) is 11.0. The van der Waals surface area contributed by atoms with Gasteiger partial charge in [0.25, 0.3) is 0 Å². The van der Waals surface area contributed by atoms with Crippen molar-refractivity contribution in [2.24, 2.45) is 0 Å². The molecule has 2 aromatic rings. The molecule has 2 rings (SSSR count). The van der Waals surface area contributed by atoms with Crippen LogP contribution in [0, 0.1) is 0 Å². The average molecular weight is 923 g/mol. The standard InChI is InChI=1S/2C22H34O7S.Ca/c2*1-7-9-11-21(3,4)28-19(23)16-13-17(15-18(14-16)30(25,26)27)20(24)29-22(5,6)12-10-8-2;/h2*13-15H,7-12H2,1-6H3,(H,25,26,27);/q;;+2/p-2. The van der Waals surface area contributed by atoms with E-state index in [1.807, 2.05) is 27.7 Å². The zero-order chi connectivity index (χ0) is 46.3. The number of carbonyl (C=O) groups is 4. The fourth-order valence-electron chi connectivity index (χ4n) is 5.81. The van der Waals surface area contributed by atoms with Crippen molar-refractivity contribution in [2.75, 3.05) is 0 Å². The van der Waals surface area contributed by atoms with Gasteiger partial charge in [-0.15, -0.1) is 0 Å². The largest absolute Gasteiger partial charge is 2.00 e. The van der Waals surface area contributed by atoms with Gasteiger partial charge in [-0.2, -0.15) is 0 Å². The smallest absolute Gasteiger partial charge is 0.744 e. The first-order valence-corrected chi connectivity index (χ1v) is 23.4. The molecule has 0 aliphatic rings. The molecule has 0 atom stereocenters. The third kappa shape index (κ3) is 22.0. The van der Waals surface area contributed by atoms with Crippen LogP contribution in [0.1, 0.15) is 202 Å². The molecule has 61 heavy (non-hydrogen) atoms. The van der Waals surface area contributed by atoms with Gasteiger partial charge in [0.2, 0.25) is 0 Å². The van der Waals surface area contributed by atoms with Gasteiger partial charge >= 0.3 is 61.6 Å². The monoisotopic (exact) mass is 922 g/mol. The minimum atomic E-state index is -4.90. The first-order valence-electron chi connectivity index (χ1n) is 20.6. The SMILES string of the molecule is CCCCC(C)(C)OC(=O)c1cc(C(=O)OC(C)(C)CCCC)cc(S(=O)(=O)[O-])c1.CCCCC(C)(C)OC(=O)c1cc(C(=O)OC(C)(C)CCCC)cc(S(=O)(=O)[O-])c1.[Ca+2]. The average Bonchev–Trinajstić information content (AvgIpc) is 3.13. The van der Waals surface area contributed by atoms with Crippen LogP contribution in [-0.4, -0.2) is 110 Å². The summed E-state index contributed by atoms with van der Waals surface area (Å²) in [5, 5.41) is 0. The van der Waals surface area contributed by atoms with E-state index in [0.29, 0.717) is 25.7 Å². The Kier molecular flexibility index (Phi) is 24.0. The Morgan fingerprint density at radius 1 is 0.426 bits per heavy atom. The number of hydrogen-bond acceptors (Lipinski definition) is 14. The molecule has 340 valence electrons. The van der Waals surface area contributed by atoms with Gasteiger partial charge < -0.3 is 28.1 Å². The van der Waals surface area contributed by atoms with Crippen LogP contribution in [-0.2, 0) is 39.2 Å². The van der Waals surface area contributed by atoms with Crippen molar-refractivity contribution in [3.05, 3.63) is 58.7 Å². The summed E-state index contributed by atoms with van der Waals surface area (Å²) in [5.41, 5.74) is -3.84. The van der Waals surface area contributed by atoms with E-state index in [0.717, 1.165) is 75.6 Å². The molecule has 0 aliphatic carbocycles. The van der Waals surface area contributed by atoms with Crippen LogP contribution < -0.4 is 0 Å². The van der Waals surface area contributed by atoms with Gasteiger partial charge in [0.05, 0.1) is 32.0 Å². The summed E-state index contributed by atoms with van der Waals surface area (Å²) in [7, 11) is -9.79. The van der Waals surface area contributed by atoms with Crippen LogP contribution in [0.4, 0.5) is 0 Å². The molecule has 0 unspecified atom stereocenters. The predicted molar refractivity (Wildman–Crippen MR) is 231 cm³/mol. The minimum Gasteiger partial charge on any atom is -0.744 e. The van der Waals surface area contributed by atoms with Crippen LogP contribution >= 0.6 is 0 Å². The normalized spacial score (nSPS) is 12.3. The van der Waals surface area contributed by atoms with Crippen molar-refractivity contribution in [2.45, 2.75) is 192 Å². The molecule has 0 bridgehead atoms. The second kappa shape index (κ2) is 25.0. The van der Waals surface area contributed by atoms with Gasteiger partial charge in [0, 0.05) is 0 Å². The number of rotatable bonds is 22. The maximum Gasteiger partial charge on any atom is 2.00 e. The quantitative estimate of drug-likeness (QED) is 0.0465. The molecule has 17 heteroatoms. The van der Waals surface area contributed by atoms with E-state index in [1.54, 1.807) is 55.4 Å². The Morgan fingerprint density at radius 2 is 0.607 bits per heavy atom. The molecule has 0 spiro atoms. The summed E-state index contributed by atoms with van der Waals surface area (Å²) in [6, 6.07) is 6.12. The van der Waals surface area contributed by atoms with Crippen molar-refractivity contribution in [3.63, 3.8) is 0 Å². The van der Waals surface area contributed by atoms with Crippen LogP contribution in [0.25, 0.3) is 0 Å². The van der Waals surface area contributed by atoms with Crippen LogP contribution in [0.5, 0.6) is 0 Å². The molecule has 14 nitrogen and oxygen atoms in total. The van der Waals surface area contributed by atoms with Crippen molar-refractivity contribution in [1.82, 2.24) is 0 Å². The summed E-state index contributed by atoms with van der Waals surface area (Å²) in [6.45, 7) is 22.1. The third-order valence-electron chi connectivity index (χ3n) is 9.34. The topological polar surface area (TPSA) is 220 Å². The predicted octanol–water partition coefficient (Wildman–Crippen LogP) is 9.30. The molecule has 0 heterocycles. The number of esters is 4. The Morgan fingerprint density at radius 3 is 0.754 bits per heavy atom. The second-order valence-electron chi connectivity index (χ2n) is 17.4. The molecule has 0 aromatic heterocycles. The molecular formula is C44H66CaO14S2. The van der Waals surface area contributed by atoms with Crippen LogP contribution in [0.3, 0.4) is 0 Å².